The molecule has 5 rings (SSSR count). The van der Waals surface area contributed by atoms with Crippen LogP contribution in [0.5, 0.6) is 5.75 Å². The maximum Gasteiger partial charge on any atom is 0.416 e. The van der Waals surface area contributed by atoms with Crippen LogP contribution in [0, 0.1) is 13.8 Å². The van der Waals surface area contributed by atoms with Gasteiger partial charge >= 0.3 is 6.18 Å². The highest BCUT2D eigenvalue weighted by Crippen LogP contribution is 2.62. The molecule has 4 aromatic rings. The van der Waals surface area contributed by atoms with Crippen LogP contribution >= 0.6 is 0 Å². The molecule has 1 aromatic heterocycles. The zero-order chi connectivity index (χ0) is 28.2. The summed E-state index contributed by atoms with van der Waals surface area (Å²) < 4.78 is 74.3. The Kier molecular flexibility index (Phi) is 6.41. The highest BCUT2D eigenvalue weighted by atomic mass is 32.2. The summed E-state index contributed by atoms with van der Waals surface area (Å²) in [5.41, 5.74) is 0.774. The Labute approximate surface area is 223 Å². The molecule has 0 unspecified atom stereocenters. The average Bonchev–Trinajstić information content (AvgIpc) is 3.64. The smallest absolute Gasteiger partial charge is 0.416 e. The monoisotopic (exact) mass is 554 g/mol. The molecule has 6 nitrogen and oxygen atoms in total. The van der Waals surface area contributed by atoms with Crippen molar-refractivity contribution in [3.8, 4) is 5.75 Å². The fourth-order valence-electron chi connectivity index (χ4n) is 5.14. The van der Waals surface area contributed by atoms with Gasteiger partial charge in [-0.1, -0.05) is 35.9 Å². The fourth-order valence-corrected chi connectivity index (χ4v) is 6.40. The molecule has 0 aliphatic heterocycles. The molecule has 2 atom stereocenters. The number of carbonyl (C=O) groups excluding carboxylic acids is 1. The number of carbonyl (C=O) groups is 1. The van der Waals surface area contributed by atoms with E-state index in [0.29, 0.717) is 33.5 Å². The van der Waals surface area contributed by atoms with Crippen LogP contribution in [0.3, 0.4) is 0 Å². The molecule has 0 spiro atoms. The molecule has 1 N–H and O–H groups in total. The van der Waals surface area contributed by atoms with Gasteiger partial charge in [-0.2, -0.15) is 13.2 Å². The Balaban J connectivity index is 1.58. The fraction of sp³-hybridized carbons (Fsp3) is 0.241. The number of rotatable bonds is 6. The third-order valence-corrected chi connectivity index (χ3v) is 8.58. The highest BCUT2D eigenvalue weighted by Gasteiger charge is 2.63. The first kappa shape index (κ1) is 26.7. The van der Waals surface area contributed by atoms with E-state index in [1.54, 1.807) is 49.4 Å². The number of ether oxygens (including phenoxy) is 1. The average molecular weight is 555 g/mol. The van der Waals surface area contributed by atoms with E-state index in [0.717, 1.165) is 17.7 Å². The summed E-state index contributed by atoms with van der Waals surface area (Å²) in [6.07, 6.45) is -4.31. The van der Waals surface area contributed by atoms with Gasteiger partial charge in [0, 0.05) is 22.6 Å². The predicted molar refractivity (Wildman–Crippen MR) is 140 cm³/mol. The number of hydrogen-bond donors (Lipinski definition) is 1. The number of fused-ring (bicyclic) bond motifs is 1. The largest absolute Gasteiger partial charge is 0.496 e. The van der Waals surface area contributed by atoms with Crippen molar-refractivity contribution in [1.29, 1.82) is 0 Å². The number of aromatic nitrogens is 1. The number of benzene rings is 3. The van der Waals surface area contributed by atoms with Gasteiger partial charge in [0.2, 0.25) is 5.91 Å². The van der Waals surface area contributed by atoms with Gasteiger partial charge in [-0.3, -0.25) is 9.78 Å². The van der Waals surface area contributed by atoms with Crippen LogP contribution in [0.4, 0.5) is 13.2 Å². The van der Waals surface area contributed by atoms with E-state index in [1.165, 1.54) is 25.3 Å². The van der Waals surface area contributed by atoms with Gasteiger partial charge < -0.3 is 4.74 Å². The summed E-state index contributed by atoms with van der Waals surface area (Å²) in [4.78, 5) is 18.2. The van der Waals surface area contributed by atoms with E-state index in [1.807, 2.05) is 6.92 Å². The van der Waals surface area contributed by atoms with Gasteiger partial charge in [0.1, 0.15) is 5.75 Å². The van der Waals surface area contributed by atoms with Gasteiger partial charge in [0.15, 0.2) is 0 Å². The maximum atomic E-state index is 14.0. The lowest BCUT2D eigenvalue weighted by atomic mass is 9.88. The molecule has 1 aliphatic rings. The zero-order valence-electron chi connectivity index (χ0n) is 21.3. The van der Waals surface area contributed by atoms with E-state index >= 15 is 0 Å². The first-order chi connectivity index (χ1) is 18.4. The Morgan fingerprint density at radius 3 is 2.41 bits per heavy atom. The second kappa shape index (κ2) is 9.37. The minimum atomic E-state index is -4.50. The predicted octanol–water partition coefficient (Wildman–Crippen LogP) is 5.81. The number of aryl methyl sites for hydroxylation is 2. The molecule has 0 bridgehead atoms. The molecule has 39 heavy (non-hydrogen) atoms. The van der Waals surface area contributed by atoms with E-state index in [-0.39, 0.29) is 11.3 Å². The topological polar surface area (TPSA) is 85.4 Å². The highest BCUT2D eigenvalue weighted by molar-refractivity contribution is 7.90. The normalized spacial score (nSPS) is 19.1. The Hall–Kier alpha value is -3.92. The van der Waals surface area contributed by atoms with E-state index in [9.17, 15) is 26.4 Å². The standard InChI is InChI=1S/C29H25F3N2O4S/c1-17-7-14-25(38-3)22(15-17)28(16-23(28)19-9-11-20(12-10-19)29(30,31)32)27(35)34-39(36,37)26-6-4-5-24-21(26)13-8-18(2)33-24/h4-15,23H,16H2,1-3H3,(H,34,35)/t23-,28-/m1/s1. The summed E-state index contributed by atoms with van der Waals surface area (Å²) in [5, 5.41) is 0.362. The molecule has 1 aliphatic carbocycles. The van der Waals surface area contributed by atoms with Crippen LogP contribution in [-0.4, -0.2) is 26.4 Å². The maximum absolute atomic E-state index is 14.0. The molecule has 3 aromatic carbocycles. The molecule has 202 valence electrons. The van der Waals surface area contributed by atoms with Crippen molar-refractivity contribution in [3.63, 3.8) is 0 Å². The van der Waals surface area contributed by atoms with Gasteiger partial charge in [0.05, 0.1) is 28.5 Å². The third kappa shape index (κ3) is 4.73. The van der Waals surface area contributed by atoms with Crippen LogP contribution in [0.15, 0.2) is 77.7 Å². The lowest BCUT2D eigenvalue weighted by Gasteiger charge is -2.22. The number of nitrogens with zero attached hydrogens (tertiary/aromatic N) is 1. The Morgan fingerprint density at radius 2 is 1.74 bits per heavy atom. The molecule has 0 saturated heterocycles. The minimum Gasteiger partial charge on any atom is -0.496 e. The van der Waals surface area contributed by atoms with Crippen LogP contribution in [-0.2, 0) is 26.4 Å². The molecular weight excluding hydrogens is 529 g/mol. The van der Waals surface area contributed by atoms with Crippen LogP contribution < -0.4 is 9.46 Å². The number of halogens is 3. The number of amides is 1. The summed E-state index contributed by atoms with van der Waals surface area (Å²) in [7, 11) is -2.90. The molecule has 10 heteroatoms. The van der Waals surface area contributed by atoms with Crippen molar-refractivity contribution in [2.75, 3.05) is 7.11 Å². The van der Waals surface area contributed by atoms with E-state index in [2.05, 4.69) is 9.71 Å². The molecule has 1 heterocycles. The van der Waals surface area contributed by atoms with Crippen LogP contribution in [0.25, 0.3) is 10.9 Å². The summed E-state index contributed by atoms with van der Waals surface area (Å²) in [6, 6.07) is 17.8. The lowest BCUT2D eigenvalue weighted by molar-refractivity contribution is -0.137. The number of sulfonamides is 1. The number of methoxy groups -OCH3 is 1. The first-order valence-electron chi connectivity index (χ1n) is 12.1. The quantitative estimate of drug-likeness (QED) is 0.325. The van der Waals surface area contributed by atoms with Gasteiger partial charge in [-0.05, 0) is 68.3 Å². The van der Waals surface area contributed by atoms with Crippen molar-refractivity contribution in [3.05, 3.63) is 101 Å². The zero-order valence-corrected chi connectivity index (χ0v) is 22.2. The van der Waals surface area contributed by atoms with Crippen LogP contribution in [0.2, 0.25) is 0 Å². The SMILES string of the molecule is COc1ccc(C)cc1[C@]1(C(=O)NS(=O)(=O)c2cccc3nc(C)ccc23)C[C@@H]1c1ccc(C(F)(F)F)cc1. The minimum absolute atomic E-state index is 0.0982. The molecule has 0 radical (unpaired) electrons. The van der Waals surface area contributed by atoms with Crippen molar-refractivity contribution >= 4 is 26.8 Å². The summed E-state index contributed by atoms with van der Waals surface area (Å²) in [5.74, 6) is -0.969. The molecule has 1 fully saturated rings. The van der Waals surface area contributed by atoms with Gasteiger partial charge in [0.25, 0.3) is 10.0 Å². The second-order valence-electron chi connectivity index (χ2n) is 9.76. The van der Waals surface area contributed by atoms with Gasteiger partial charge in [-0.15, -0.1) is 0 Å². The number of pyridine rings is 1. The van der Waals surface area contributed by atoms with Crippen molar-refractivity contribution in [2.45, 2.75) is 42.7 Å². The molecular formula is C29H25F3N2O4S. The number of hydrogen-bond acceptors (Lipinski definition) is 5. The Morgan fingerprint density at radius 1 is 1.03 bits per heavy atom. The second-order valence-corrected chi connectivity index (χ2v) is 11.4. The Bertz CT molecular complexity index is 1700. The number of alkyl halides is 3. The third-order valence-electron chi connectivity index (χ3n) is 7.19. The summed E-state index contributed by atoms with van der Waals surface area (Å²) in [6.45, 7) is 3.61. The molecule has 1 saturated carbocycles. The molecule has 1 amide bonds. The van der Waals surface area contributed by atoms with Crippen LogP contribution in [0.1, 0.15) is 40.3 Å². The van der Waals surface area contributed by atoms with E-state index in [4.69, 9.17) is 4.74 Å². The van der Waals surface area contributed by atoms with Crippen molar-refractivity contribution in [2.24, 2.45) is 0 Å². The van der Waals surface area contributed by atoms with E-state index < -0.39 is 39.0 Å². The van der Waals surface area contributed by atoms with Gasteiger partial charge in [-0.25, -0.2) is 13.1 Å². The first-order valence-corrected chi connectivity index (χ1v) is 13.6. The van der Waals surface area contributed by atoms with Crippen molar-refractivity contribution < 1.29 is 31.1 Å². The number of nitrogens with one attached hydrogen (secondary N) is 1. The van der Waals surface area contributed by atoms with Crippen molar-refractivity contribution in [1.82, 2.24) is 9.71 Å². The lowest BCUT2D eigenvalue weighted by Crippen LogP contribution is -2.40. The summed E-state index contributed by atoms with van der Waals surface area (Å²) >= 11 is 0.